The van der Waals surface area contributed by atoms with E-state index in [0.29, 0.717) is 0 Å². The maximum atomic E-state index is 13.7. The second kappa shape index (κ2) is 7.29. The number of aryl methyl sites for hydroxylation is 1. The summed E-state index contributed by atoms with van der Waals surface area (Å²) in [6.45, 7) is 2.78. The lowest BCUT2D eigenvalue weighted by molar-refractivity contribution is 0.482. The zero-order valence-electron chi connectivity index (χ0n) is 11.1. The average molecular weight is 360 g/mol. The Balaban J connectivity index is 2.17. The standard InChI is InChI=1S/C15H16BrF2NS/c1-2-19-13(6-3-10-7-8-20-9-10)11-4-5-12(17)15(18)14(11)16/h4-5,7-9,13,19H,2-3,6H2,1H3. The molecular weight excluding hydrogens is 344 g/mol. The van der Waals surface area contributed by atoms with Gasteiger partial charge in [-0.2, -0.15) is 11.3 Å². The third-order valence-corrected chi connectivity index (χ3v) is 4.73. The van der Waals surface area contributed by atoms with E-state index in [9.17, 15) is 8.78 Å². The van der Waals surface area contributed by atoms with Crippen LogP contribution in [0.2, 0.25) is 0 Å². The number of benzene rings is 1. The maximum Gasteiger partial charge on any atom is 0.173 e. The van der Waals surface area contributed by atoms with Crippen molar-refractivity contribution in [3.8, 4) is 0 Å². The van der Waals surface area contributed by atoms with E-state index in [-0.39, 0.29) is 10.5 Å². The molecular formula is C15H16BrF2NS. The monoisotopic (exact) mass is 359 g/mol. The molecule has 2 rings (SSSR count). The van der Waals surface area contributed by atoms with Crippen LogP contribution in [-0.2, 0) is 6.42 Å². The first-order valence-electron chi connectivity index (χ1n) is 6.51. The van der Waals surface area contributed by atoms with Crippen LogP contribution in [0.5, 0.6) is 0 Å². The van der Waals surface area contributed by atoms with Crippen molar-refractivity contribution in [2.24, 2.45) is 0 Å². The summed E-state index contributed by atoms with van der Waals surface area (Å²) in [6.07, 6.45) is 1.75. The largest absolute Gasteiger partial charge is 0.310 e. The van der Waals surface area contributed by atoms with Gasteiger partial charge in [0.05, 0.1) is 4.47 Å². The Morgan fingerprint density at radius 1 is 1.30 bits per heavy atom. The molecule has 1 nitrogen and oxygen atoms in total. The predicted molar refractivity (Wildman–Crippen MR) is 83.1 cm³/mol. The summed E-state index contributed by atoms with van der Waals surface area (Å²) < 4.78 is 27.1. The van der Waals surface area contributed by atoms with Crippen molar-refractivity contribution in [2.45, 2.75) is 25.8 Å². The van der Waals surface area contributed by atoms with Gasteiger partial charge in [0.2, 0.25) is 0 Å². The Morgan fingerprint density at radius 2 is 2.10 bits per heavy atom. The highest BCUT2D eigenvalue weighted by molar-refractivity contribution is 9.10. The van der Waals surface area contributed by atoms with E-state index in [2.05, 4.69) is 32.7 Å². The minimum absolute atomic E-state index is 0.00405. The van der Waals surface area contributed by atoms with Crippen molar-refractivity contribution in [3.05, 3.63) is 56.2 Å². The molecule has 1 N–H and O–H groups in total. The Bertz CT molecular complexity index is 557. The van der Waals surface area contributed by atoms with Crippen LogP contribution < -0.4 is 5.32 Å². The number of rotatable bonds is 6. The van der Waals surface area contributed by atoms with Crippen molar-refractivity contribution in [2.75, 3.05) is 6.54 Å². The molecule has 0 aliphatic rings. The highest BCUT2D eigenvalue weighted by atomic mass is 79.9. The molecule has 5 heteroatoms. The second-order valence-corrected chi connectivity index (χ2v) is 6.12. The van der Waals surface area contributed by atoms with Gasteiger partial charge in [0.1, 0.15) is 0 Å². The third-order valence-electron chi connectivity index (χ3n) is 3.19. The van der Waals surface area contributed by atoms with Crippen LogP contribution in [0.4, 0.5) is 8.78 Å². The molecule has 0 saturated carbocycles. The molecule has 108 valence electrons. The lowest BCUT2D eigenvalue weighted by Crippen LogP contribution is -2.22. The van der Waals surface area contributed by atoms with E-state index in [4.69, 9.17) is 0 Å². The first kappa shape index (κ1) is 15.6. The summed E-state index contributed by atoms with van der Waals surface area (Å²) in [6, 6.07) is 4.92. The predicted octanol–water partition coefficient (Wildman–Crippen LogP) is 5.07. The van der Waals surface area contributed by atoms with Gasteiger partial charge in [-0.25, -0.2) is 8.78 Å². The normalized spacial score (nSPS) is 12.6. The molecule has 20 heavy (non-hydrogen) atoms. The minimum Gasteiger partial charge on any atom is -0.310 e. The molecule has 1 atom stereocenters. The summed E-state index contributed by atoms with van der Waals surface area (Å²) in [7, 11) is 0. The molecule has 2 aromatic rings. The number of thiophene rings is 1. The highest BCUT2D eigenvalue weighted by Crippen LogP contribution is 2.30. The van der Waals surface area contributed by atoms with Gasteiger partial charge in [-0.05, 0) is 69.3 Å². The van der Waals surface area contributed by atoms with Crippen molar-refractivity contribution < 1.29 is 8.78 Å². The Hall–Kier alpha value is -0.780. The van der Waals surface area contributed by atoms with Crippen molar-refractivity contribution in [1.82, 2.24) is 5.32 Å². The van der Waals surface area contributed by atoms with Crippen LogP contribution in [0.25, 0.3) is 0 Å². The molecule has 0 amide bonds. The summed E-state index contributed by atoms with van der Waals surface area (Å²) in [5.74, 6) is -1.64. The zero-order chi connectivity index (χ0) is 14.5. The van der Waals surface area contributed by atoms with Crippen LogP contribution in [0.1, 0.15) is 30.5 Å². The number of halogens is 3. The van der Waals surface area contributed by atoms with E-state index in [0.717, 1.165) is 24.9 Å². The lowest BCUT2D eigenvalue weighted by atomic mass is 9.99. The van der Waals surface area contributed by atoms with E-state index in [1.807, 2.05) is 12.3 Å². The first-order valence-corrected chi connectivity index (χ1v) is 8.25. The number of hydrogen-bond donors (Lipinski definition) is 1. The summed E-state index contributed by atoms with van der Waals surface area (Å²) in [5, 5.41) is 7.49. The molecule has 0 radical (unpaired) electrons. The lowest BCUT2D eigenvalue weighted by Gasteiger charge is -2.20. The molecule has 0 aliphatic carbocycles. The fourth-order valence-electron chi connectivity index (χ4n) is 2.17. The molecule has 0 aliphatic heterocycles. The topological polar surface area (TPSA) is 12.0 Å². The quantitative estimate of drug-likeness (QED) is 0.709. The molecule has 0 spiro atoms. The van der Waals surface area contributed by atoms with Gasteiger partial charge in [-0.1, -0.05) is 13.0 Å². The van der Waals surface area contributed by atoms with Gasteiger partial charge in [0.15, 0.2) is 11.6 Å². The Labute approximate surface area is 130 Å². The minimum atomic E-state index is -0.825. The molecule has 1 heterocycles. The van der Waals surface area contributed by atoms with Gasteiger partial charge in [0, 0.05) is 6.04 Å². The van der Waals surface area contributed by atoms with E-state index in [1.54, 1.807) is 17.4 Å². The molecule has 0 fully saturated rings. The van der Waals surface area contributed by atoms with Crippen LogP contribution >= 0.6 is 27.3 Å². The Kier molecular flexibility index (Phi) is 5.69. The number of hydrogen-bond acceptors (Lipinski definition) is 2. The molecule has 1 aromatic heterocycles. The molecule has 0 saturated heterocycles. The van der Waals surface area contributed by atoms with Crippen molar-refractivity contribution in [3.63, 3.8) is 0 Å². The van der Waals surface area contributed by atoms with Gasteiger partial charge >= 0.3 is 0 Å². The van der Waals surface area contributed by atoms with Gasteiger partial charge in [-0.15, -0.1) is 0 Å². The van der Waals surface area contributed by atoms with Gasteiger partial charge < -0.3 is 5.32 Å². The van der Waals surface area contributed by atoms with Gasteiger partial charge in [0.25, 0.3) is 0 Å². The van der Waals surface area contributed by atoms with Crippen LogP contribution in [-0.4, -0.2) is 6.54 Å². The molecule has 1 aromatic carbocycles. The SMILES string of the molecule is CCNC(CCc1ccsc1)c1ccc(F)c(F)c1Br. The van der Waals surface area contributed by atoms with E-state index >= 15 is 0 Å². The first-order chi connectivity index (χ1) is 9.63. The Morgan fingerprint density at radius 3 is 2.75 bits per heavy atom. The van der Waals surface area contributed by atoms with Gasteiger partial charge in [-0.3, -0.25) is 0 Å². The third kappa shape index (κ3) is 3.65. The van der Waals surface area contributed by atoms with Crippen LogP contribution in [0.15, 0.2) is 33.4 Å². The van der Waals surface area contributed by atoms with Crippen molar-refractivity contribution in [1.29, 1.82) is 0 Å². The highest BCUT2D eigenvalue weighted by Gasteiger charge is 2.18. The smallest absolute Gasteiger partial charge is 0.173 e. The zero-order valence-corrected chi connectivity index (χ0v) is 13.5. The second-order valence-electron chi connectivity index (χ2n) is 4.55. The van der Waals surface area contributed by atoms with Crippen molar-refractivity contribution >= 4 is 27.3 Å². The summed E-state index contributed by atoms with van der Waals surface area (Å²) in [4.78, 5) is 0. The van der Waals surface area contributed by atoms with Crippen LogP contribution in [0.3, 0.4) is 0 Å². The van der Waals surface area contributed by atoms with E-state index < -0.39 is 11.6 Å². The molecule has 1 unspecified atom stereocenters. The van der Waals surface area contributed by atoms with E-state index in [1.165, 1.54) is 11.6 Å². The average Bonchev–Trinajstić information content (AvgIpc) is 2.95. The maximum absolute atomic E-state index is 13.7. The molecule has 0 bridgehead atoms. The fraction of sp³-hybridized carbons (Fsp3) is 0.333. The number of nitrogens with one attached hydrogen (secondary N) is 1. The van der Waals surface area contributed by atoms with Crippen LogP contribution in [0, 0.1) is 11.6 Å². The summed E-state index contributed by atoms with van der Waals surface area (Å²) in [5.41, 5.74) is 2.04. The fourth-order valence-corrected chi connectivity index (χ4v) is 3.47. The summed E-state index contributed by atoms with van der Waals surface area (Å²) >= 11 is 4.84.